The van der Waals surface area contributed by atoms with Crippen molar-refractivity contribution in [3.05, 3.63) is 47.1 Å². The van der Waals surface area contributed by atoms with Crippen LogP contribution >= 0.6 is 0 Å². The molecule has 0 aromatic rings. The smallest absolute Gasteiger partial charge is 0.332 e. The zero-order valence-corrected chi connectivity index (χ0v) is 25.4. The Labute approximate surface area is 237 Å². The minimum Gasteiger partial charge on any atom is -0.461 e. The molecular formula is C34H54O5. The summed E-state index contributed by atoms with van der Waals surface area (Å²) < 4.78 is 12.0. The third-order valence-corrected chi connectivity index (χ3v) is 9.19. The molecule has 3 aliphatic carbocycles. The minimum atomic E-state index is -0.667. The van der Waals surface area contributed by atoms with E-state index in [-0.39, 0.29) is 30.2 Å². The average molecular weight is 543 g/mol. The lowest BCUT2D eigenvalue weighted by molar-refractivity contribution is -0.156. The Bertz CT molecular complexity index is 929. The summed E-state index contributed by atoms with van der Waals surface area (Å²) in [6, 6.07) is 0. The van der Waals surface area contributed by atoms with Crippen LogP contribution < -0.4 is 0 Å². The predicted molar refractivity (Wildman–Crippen MR) is 158 cm³/mol. The molecular weight excluding hydrogens is 488 g/mol. The van der Waals surface area contributed by atoms with Crippen molar-refractivity contribution in [1.82, 2.24) is 0 Å². The SMILES string of the molecule is C=C1C(=CC=C2CCC[C@]3(C)C([C@H](C)OCC(=O)OC(CCC(C)C)CCC(C)C)=CC[C@@H]23)C[C@@H](O)C[C@@H]1O. The predicted octanol–water partition coefficient (Wildman–Crippen LogP) is 7.24. The van der Waals surface area contributed by atoms with Crippen molar-refractivity contribution in [2.24, 2.45) is 23.2 Å². The molecule has 0 aromatic carbocycles. The lowest BCUT2D eigenvalue weighted by Crippen LogP contribution is -2.35. The number of allylic oxidation sites excluding steroid dienone is 4. The third-order valence-electron chi connectivity index (χ3n) is 9.19. The summed E-state index contributed by atoms with van der Waals surface area (Å²) in [4.78, 5) is 12.8. The Kier molecular flexibility index (Phi) is 11.7. The second-order valence-electron chi connectivity index (χ2n) is 13.3. The summed E-state index contributed by atoms with van der Waals surface area (Å²) in [5.74, 6) is 1.33. The van der Waals surface area contributed by atoms with Crippen molar-refractivity contribution >= 4 is 5.97 Å². The van der Waals surface area contributed by atoms with Crippen LogP contribution in [0.2, 0.25) is 0 Å². The summed E-state index contributed by atoms with van der Waals surface area (Å²) >= 11 is 0. The van der Waals surface area contributed by atoms with E-state index in [2.05, 4.69) is 66.3 Å². The molecule has 2 fully saturated rings. The number of aliphatic hydroxyl groups is 2. The molecule has 2 saturated carbocycles. The van der Waals surface area contributed by atoms with Gasteiger partial charge in [0.15, 0.2) is 0 Å². The van der Waals surface area contributed by atoms with Gasteiger partial charge in [-0.3, -0.25) is 0 Å². The van der Waals surface area contributed by atoms with Crippen LogP contribution in [-0.2, 0) is 14.3 Å². The topological polar surface area (TPSA) is 76.0 Å². The van der Waals surface area contributed by atoms with Gasteiger partial charge < -0.3 is 19.7 Å². The van der Waals surface area contributed by atoms with Gasteiger partial charge in [0.05, 0.1) is 18.3 Å². The number of carbonyl (C=O) groups excluding carboxylic acids is 1. The molecule has 39 heavy (non-hydrogen) atoms. The van der Waals surface area contributed by atoms with E-state index in [1.54, 1.807) is 0 Å². The van der Waals surface area contributed by atoms with Crippen molar-refractivity contribution in [2.75, 3.05) is 6.61 Å². The van der Waals surface area contributed by atoms with E-state index in [0.29, 0.717) is 30.6 Å². The number of esters is 1. The van der Waals surface area contributed by atoms with Crippen molar-refractivity contribution in [2.45, 2.75) is 130 Å². The Morgan fingerprint density at radius 1 is 1.10 bits per heavy atom. The molecule has 220 valence electrons. The van der Waals surface area contributed by atoms with E-state index in [9.17, 15) is 15.0 Å². The Balaban J connectivity index is 1.59. The van der Waals surface area contributed by atoms with E-state index < -0.39 is 12.2 Å². The summed E-state index contributed by atoms with van der Waals surface area (Å²) in [5.41, 5.74) is 4.39. The molecule has 0 saturated heterocycles. The molecule has 0 spiro atoms. The molecule has 3 aliphatic rings. The molecule has 0 bridgehead atoms. The number of hydrogen-bond acceptors (Lipinski definition) is 5. The molecule has 3 rings (SSSR count). The first-order valence-corrected chi connectivity index (χ1v) is 15.4. The number of ether oxygens (including phenoxy) is 2. The van der Waals surface area contributed by atoms with Crippen molar-refractivity contribution in [3.63, 3.8) is 0 Å². The number of rotatable bonds is 12. The first-order valence-electron chi connectivity index (χ1n) is 15.4. The van der Waals surface area contributed by atoms with Crippen LogP contribution in [0.25, 0.3) is 0 Å². The minimum absolute atomic E-state index is 0.00553. The Morgan fingerprint density at radius 3 is 2.41 bits per heavy atom. The Morgan fingerprint density at radius 2 is 1.77 bits per heavy atom. The van der Waals surface area contributed by atoms with E-state index in [4.69, 9.17) is 9.47 Å². The van der Waals surface area contributed by atoms with Gasteiger partial charge in [-0.15, -0.1) is 0 Å². The van der Waals surface area contributed by atoms with Gasteiger partial charge >= 0.3 is 5.97 Å². The molecule has 0 aromatic heterocycles. The fourth-order valence-electron chi connectivity index (χ4n) is 6.75. The summed E-state index contributed by atoms with van der Waals surface area (Å²) in [7, 11) is 0. The van der Waals surface area contributed by atoms with Crippen LogP contribution in [0.15, 0.2) is 47.1 Å². The zero-order valence-electron chi connectivity index (χ0n) is 25.4. The first kappa shape index (κ1) is 31.8. The van der Waals surface area contributed by atoms with Gasteiger partial charge in [-0.25, -0.2) is 4.79 Å². The molecule has 0 aliphatic heterocycles. The molecule has 0 radical (unpaired) electrons. The van der Waals surface area contributed by atoms with Crippen LogP contribution in [-0.4, -0.2) is 47.2 Å². The van der Waals surface area contributed by atoms with E-state index in [0.717, 1.165) is 62.5 Å². The van der Waals surface area contributed by atoms with Crippen molar-refractivity contribution in [3.8, 4) is 0 Å². The van der Waals surface area contributed by atoms with Gasteiger partial charge in [0.1, 0.15) is 12.7 Å². The fourth-order valence-corrected chi connectivity index (χ4v) is 6.75. The highest BCUT2D eigenvalue weighted by atomic mass is 16.6. The molecule has 0 heterocycles. The van der Waals surface area contributed by atoms with Crippen LogP contribution in [0.1, 0.15) is 106 Å². The van der Waals surface area contributed by atoms with Gasteiger partial charge in [0.2, 0.25) is 0 Å². The molecule has 5 atom stereocenters. The van der Waals surface area contributed by atoms with Crippen molar-refractivity contribution < 1.29 is 24.5 Å². The van der Waals surface area contributed by atoms with Gasteiger partial charge in [-0.1, -0.05) is 65.0 Å². The monoisotopic (exact) mass is 542 g/mol. The van der Waals surface area contributed by atoms with Crippen molar-refractivity contribution in [1.29, 1.82) is 0 Å². The average Bonchev–Trinajstić information content (AvgIpc) is 3.22. The van der Waals surface area contributed by atoms with Gasteiger partial charge in [-0.05, 0) is 105 Å². The second kappa shape index (κ2) is 14.3. The quantitative estimate of drug-likeness (QED) is 0.201. The molecule has 0 amide bonds. The maximum Gasteiger partial charge on any atom is 0.332 e. The van der Waals surface area contributed by atoms with Crippen LogP contribution in [0, 0.1) is 23.2 Å². The van der Waals surface area contributed by atoms with E-state index in [1.807, 2.05) is 0 Å². The number of hydrogen-bond donors (Lipinski definition) is 2. The highest BCUT2D eigenvalue weighted by Gasteiger charge is 2.46. The summed E-state index contributed by atoms with van der Waals surface area (Å²) in [6.45, 7) is 17.3. The highest BCUT2D eigenvalue weighted by molar-refractivity contribution is 5.71. The Hall–Kier alpha value is -1.69. The standard InChI is InChI=1S/C34H54O5/c1-22(2)10-14-29(15-11-23(3)4)39-33(37)21-38-25(6)30-16-17-31-26(9-8-18-34(30,31)7)12-13-27-19-28(35)20-32(36)24(27)5/h12-13,16,22-23,25,28-29,31-32,35-36H,5,8-11,14-15,17-21H2,1-4,6-7H3/t25-,28+,31-,32-,34+/m0/s1. The first-order chi connectivity index (χ1) is 18.4. The third kappa shape index (κ3) is 8.65. The molecule has 5 heteroatoms. The van der Waals surface area contributed by atoms with Gasteiger partial charge in [-0.2, -0.15) is 0 Å². The van der Waals surface area contributed by atoms with Crippen LogP contribution in [0.5, 0.6) is 0 Å². The second-order valence-corrected chi connectivity index (χ2v) is 13.3. The summed E-state index contributed by atoms with van der Waals surface area (Å²) in [5, 5.41) is 20.3. The number of aliphatic hydroxyl groups excluding tert-OH is 2. The fraction of sp³-hybridized carbons (Fsp3) is 0.735. The number of carbonyl (C=O) groups is 1. The maximum atomic E-state index is 12.8. The van der Waals surface area contributed by atoms with Gasteiger partial charge in [0, 0.05) is 6.42 Å². The van der Waals surface area contributed by atoms with Gasteiger partial charge in [0.25, 0.3) is 0 Å². The van der Waals surface area contributed by atoms with Crippen LogP contribution in [0.4, 0.5) is 0 Å². The molecule has 5 nitrogen and oxygen atoms in total. The largest absolute Gasteiger partial charge is 0.461 e. The van der Waals surface area contributed by atoms with E-state index in [1.165, 1.54) is 11.1 Å². The zero-order chi connectivity index (χ0) is 28.7. The normalized spacial score (nSPS) is 30.4. The lowest BCUT2D eigenvalue weighted by Gasteiger charge is -2.42. The highest BCUT2D eigenvalue weighted by Crippen LogP contribution is 2.55. The lowest BCUT2D eigenvalue weighted by atomic mass is 9.63. The summed E-state index contributed by atoms with van der Waals surface area (Å²) in [6.07, 6.45) is 14.3. The van der Waals surface area contributed by atoms with E-state index >= 15 is 0 Å². The van der Waals surface area contributed by atoms with Crippen LogP contribution in [0.3, 0.4) is 0 Å². The molecule has 0 unspecified atom stereocenters. The maximum absolute atomic E-state index is 12.8. The molecule has 2 N–H and O–H groups in total. The number of fused-ring (bicyclic) bond motifs is 1.